The highest BCUT2D eigenvalue weighted by molar-refractivity contribution is 7.89. The van der Waals surface area contributed by atoms with Crippen LogP contribution in [0.5, 0.6) is 0 Å². The predicted molar refractivity (Wildman–Crippen MR) is 79.0 cm³/mol. The highest BCUT2D eigenvalue weighted by Gasteiger charge is 2.29. The minimum absolute atomic E-state index is 0.0682. The van der Waals surface area contributed by atoms with Gasteiger partial charge in [-0.2, -0.15) is 0 Å². The van der Waals surface area contributed by atoms with Gasteiger partial charge in [-0.15, -0.1) is 0 Å². The Morgan fingerprint density at radius 3 is 2.45 bits per heavy atom. The van der Waals surface area contributed by atoms with Crippen LogP contribution in [-0.4, -0.2) is 13.4 Å². The molecule has 0 fully saturated rings. The molecule has 0 radical (unpaired) electrons. The largest absolute Gasteiger partial charge is 0.264 e. The Kier molecular flexibility index (Phi) is 4.13. The average Bonchev–Trinajstić information content (AvgIpc) is 2.39. The third-order valence-corrected chi connectivity index (χ3v) is 5.05. The molecular weight excluding hydrogens is 296 g/mol. The van der Waals surface area contributed by atoms with Gasteiger partial charge in [0.1, 0.15) is 4.90 Å². The van der Waals surface area contributed by atoms with Crippen molar-refractivity contribution < 1.29 is 8.42 Å². The molecule has 0 unspecified atom stereocenters. The molecule has 20 heavy (non-hydrogen) atoms. The minimum atomic E-state index is -3.71. The van der Waals surface area contributed by atoms with Crippen LogP contribution < -0.4 is 4.72 Å². The molecule has 4 nitrogen and oxygen atoms in total. The summed E-state index contributed by atoms with van der Waals surface area (Å²) in [4.78, 5) is 4.08. The maximum absolute atomic E-state index is 12.4. The van der Waals surface area contributed by atoms with Gasteiger partial charge in [-0.3, -0.25) is 4.98 Å². The van der Waals surface area contributed by atoms with Gasteiger partial charge in [0.15, 0.2) is 0 Å². The molecule has 0 amide bonds. The van der Waals surface area contributed by atoms with Crippen LogP contribution >= 0.6 is 11.6 Å². The highest BCUT2D eigenvalue weighted by Crippen LogP contribution is 2.25. The number of hydrogen-bond donors (Lipinski definition) is 1. The van der Waals surface area contributed by atoms with E-state index in [0.29, 0.717) is 0 Å². The molecule has 0 atom stereocenters. The van der Waals surface area contributed by atoms with Crippen molar-refractivity contribution in [1.29, 1.82) is 0 Å². The van der Waals surface area contributed by atoms with Crippen molar-refractivity contribution in [3.63, 3.8) is 0 Å². The molecule has 0 spiro atoms. The van der Waals surface area contributed by atoms with E-state index in [1.54, 1.807) is 50.5 Å². The van der Waals surface area contributed by atoms with Crippen molar-refractivity contribution in [3.8, 4) is 0 Å². The number of nitrogens with one attached hydrogen (secondary N) is 1. The van der Waals surface area contributed by atoms with Crippen molar-refractivity contribution in [2.45, 2.75) is 24.3 Å². The summed E-state index contributed by atoms with van der Waals surface area (Å²) < 4.78 is 27.5. The zero-order valence-electron chi connectivity index (χ0n) is 11.2. The molecule has 0 aliphatic heterocycles. The van der Waals surface area contributed by atoms with Gasteiger partial charge in [-0.1, -0.05) is 29.8 Å². The van der Waals surface area contributed by atoms with E-state index in [9.17, 15) is 8.42 Å². The molecule has 0 saturated carbocycles. The predicted octanol–water partition coefficient (Wildman–Crippen LogP) is 2.95. The van der Waals surface area contributed by atoms with E-state index < -0.39 is 15.6 Å². The zero-order valence-corrected chi connectivity index (χ0v) is 12.7. The molecule has 0 aliphatic carbocycles. The smallest absolute Gasteiger partial charge is 0.242 e. The van der Waals surface area contributed by atoms with E-state index in [1.165, 1.54) is 6.07 Å². The summed E-state index contributed by atoms with van der Waals surface area (Å²) in [6, 6.07) is 9.94. The van der Waals surface area contributed by atoms with Crippen LogP contribution in [-0.2, 0) is 15.6 Å². The van der Waals surface area contributed by atoms with E-state index in [0.717, 1.165) is 5.56 Å². The molecule has 1 aromatic carbocycles. The van der Waals surface area contributed by atoms with E-state index in [2.05, 4.69) is 9.71 Å². The monoisotopic (exact) mass is 310 g/mol. The fourth-order valence-corrected chi connectivity index (χ4v) is 3.77. The van der Waals surface area contributed by atoms with Gasteiger partial charge in [-0.25, -0.2) is 13.1 Å². The Bertz CT molecular complexity index is 700. The average molecular weight is 311 g/mol. The third kappa shape index (κ3) is 3.17. The Balaban J connectivity index is 2.36. The Hall–Kier alpha value is -1.43. The maximum Gasteiger partial charge on any atom is 0.242 e. The summed E-state index contributed by atoms with van der Waals surface area (Å²) in [5, 5.41) is 0.196. The van der Waals surface area contributed by atoms with Gasteiger partial charge >= 0.3 is 0 Å². The fraction of sp³-hybridized carbons (Fsp3) is 0.214. The van der Waals surface area contributed by atoms with E-state index >= 15 is 0 Å². The number of aromatic nitrogens is 1. The van der Waals surface area contributed by atoms with Crippen LogP contribution in [0.25, 0.3) is 0 Å². The summed E-state index contributed by atoms with van der Waals surface area (Å²) in [6.07, 6.45) is 3.28. The molecule has 1 heterocycles. The summed E-state index contributed by atoms with van der Waals surface area (Å²) in [5.41, 5.74) is -0.0117. The number of sulfonamides is 1. The van der Waals surface area contributed by atoms with Gasteiger partial charge in [0.05, 0.1) is 10.6 Å². The maximum atomic E-state index is 12.4. The first kappa shape index (κ1) is 15.0. The molecular formula is C14H15ClN2O2S. The SMILES string of the molecule is CC(C)(NS(=O)(=O)c1ccccc1Cl)c1cccnc1. The van der Waals surface area contributed by atoms with E-state index in [-0.39, 0.29) is 9.92 Å². The van der Waals surface area contributed by atoms with Crippen molar-refractivity contribution >= 4 is 21.6 Å². The van der Waals surface area contributed by atoms with Crippen molar-refractivity contribution in [1.82, 2.24) is 9.71 Å². The summed E-state index contributed by atoms with van der Waals surface area (Å²) in [5.74, 6) is 0. The second-order valence-electron chi connectivity index (χ2n) is 4.90. The van der Waals surface area contributed by atoms with Crippen LogP contribution in [0, 0.1) is 0 Å². The Morgan fingerprint density at radius 2 is 1.85 bits per heavy atom. The van der Waals surface area contributed by atoms with E-state index in [4.69, 9.17) is 11.6 Å². The molecule has 2 rings (SSSR count). The van der Waals surface area contributed by atoms with Gasteiger partial charge in [0.2, 0.25) is 10.0 Å². The van der Waals surface area contributed by atoms with Crippen molar-refractivity contribution in [2.75, 3.05) is 0 Å². The molecule has 106 valence electrons. The second kappa shape index (κ2) is 5.52. The molecule has 1 aromatic heterocycles. The van der Waals surface area contributed by atoms with Crippen molar-refractivity contribution in [2.24, 2.45) is 0 Å². The molecule has 1 N–H and O–H groups in total. The Labute approximate surface area is 123 Å². The topological polar surface area (TPSA) is 59.1 Å². The van der Waals surface area contributed by atoms with Crippen molar-refractivity contribution in [3.05, 3.63) is 59.4 Å². The van der Waals surface area contributed by atoms with Crippen LogP contribution in [0.1, 0.15) is 19.4 Å². The number of halogens is 1. The van der Waals surface area contributed by atoms with Gasteiger partial charge in [-0.05, 0) is 37.6 Å². The normalized spacial score (nSPS) is 12.3. The first-order valence-electron chi connectivity index (χ1n) is 6.02. The lowest BCUT2D eigenvalue weighted by molar-refractivity contribution is 0.471. The van der Waals surface area contributed by atoms with Gasteiger partial charge in [0.25, 0.3) is 0 Å². The second-order valence-corrected chi connectivity index (χ2v) is 6.96. The fourth-order valence-electron chi connectivity index (χ4n) is 1.84. The van der Waals surface area contributed by atoms with Gasteiger partial charge < -0.3 is 0 Å². The molecule has 0 saturated heterocycles. The molecule has 0 aliphatic rings. The van der Waals surface area contributed by atoms with Crippen LogP contribution in [0.3, 0.4) is 0 Å². The number of pyridine rings is 1. The first-order chi connectivity index (χ1) is 9.33. The number of nitrogens with zero attached hydrogens (tertiary/aromatic N) is 1. The number of hydrogen-bond acceptors (Lipinski definition) is 3. The molecule has 6 heteroatoms. The lowest BCUT2D eigenvalue weighted by atomic mass is 9.98. The highest BCUT2D eigenvalue weighted by atomic mass is 35.5. The lowest BCUT2D eigenvalue weighted by Gasteiger charge is -2.26. The first-order valence-corrected chi connectivity index (χ1v) is 7.88. The number of rotatable bonds is 4. The summed E-state index contributed by atoms with van der Waals surface area (Å²) >= 11 is 5.95. The van der Waals surface area contributed by atoms with Crippen LogP contribution in [0.15, 0.2) is 53.7 Å². The zero-order chi connectivity index (χ0) is 14.8. The minimum Gasteiger partial charge on any atom is -0.264 e. The van der Waals surface area contributed by atoms with Crippen LogP contribution in [0.2, 0.25) is 5.02 Å². The van der Waals surface area contributed by atoms with E-state index in [1.807, 2.05) is 6.07 Å². The summed E-state index contributed by atoms with van der Waals surface area (Å²) in [7, 11) is -3.71. The molecule has 2 aromatic rings. The third-order valence-electron chi connectivity index (χ3n) is 2.90. The standard InChI is InChI=1S/C14H15ClN2O2S/c1-14(2,11-6-5-9-16-10-11)17-20(18,19)13-8-4-3-7-12(13)15/h3-10,17H,1-2H3. The number of benzene rings is 1. The summed E-state index contributed by atoms with van der Waals surface area (Å²) in [6.45, 7) is 3.55. The molecule has 0 bridgehead atoms. The van der Waals surface area contributed by atoms with Gasteiger partial charge in [0, 0.05) is 12.4 Å². The van der Waals surface area contributed by atoms with Crippen LogP contribution in [0.4, 0.5) is 0 Å². The lowest BCUT2D eigenvalue weighted by Crippen LogP contribution is -2.41. The quantitative estimate of drug-likeness (QED) is 0.944. The Morgan fingerprint density at radius 1 is 1.15 bits per heavy atom.